The number of nitrogen functional groups attached to an aromatic ring is 2. The Hall–Kier alpha value is -1.26. The van der Waals surface area contributed by atoms with Gasteiger partial charge in [0.05, 0.1) is 6.10 Å². The summed E-state index contributed by atoms with van der Waals surface area (Å²) < 4.78 is 0. The highest BCUT2D eigenvalue weighted by atomic mass is 16.3. The molecule has 1 heterocycles. The number of rotatable bonds is 2. The molecule has 0 bridgehead atoms. The van der Waals surface area contributed by atoms with Crippen LogP contribution in [0, 0.1) is 0 Å². The van der Waals surface area contributed by atoms with Crippen molar-refractivity contribution in [1.82, 2.24) is 4.90 Å². The number of piperidine rings is 1. The molecule has 16 heavy (non-hydrogen) atoms. The Bertz CT molecular complexity index is 367. The molecule has 1 saturated heterocycles. The molecule has 1 unspecified atom stereocenters. The van der Waals surface area contributed by atoms with Gasteiger partial charge in [0.1, 0.15) is 0 Å². The van der Waals surface area contributed by atoms with Crippen LogP contribution in [-0.2, 0) is 6.54 Å². The van der Waals surface area contributed by atoms with Crippen molar-refractivity contribution in [2.75, 3.05) is 24.6 Å². The van der Waals surface area contributed by atoms with Gasteiger partial charge in [-0.1, -0.05) is 6.07 Å². The number of nitrogens with zero attached hydrogens (tertiary/aromatic N) is 1. The molecular formula is C12H19N3O. The van der Waals surface area contributed by atoms with E-state index in [1.54, 1.807) is 6.07 Å². The molecule has 4 nitrogen and oxygen atoms in total. The molecule has 1 fully saturated rings. The number of anilines is 2. The number of hydrogen-bond acceptors (Lipinski definition) is 4. The molecule has 0 aliphatic carbocycles. The Kier molecular flexibility index (Phi) is 3.31. The predicted molar refractivity (Wildman–Crippen MR) is 65.8 cm³/mol. The molecule has 1 aliphatic rings. The monoisotopic (exact) mass is 221 g/mol. The molecule has 1 aromatic carbocycles. The first-order chi connectivity index (χ1) is 7.65. The van der Waals surface area contributed by atoms with E-state index in [1.807, 2.05) is 12.1 Å². The fourth-order valence-electron chi connectivity index (χ4n) is 2.17. The van der Waals surface area contributed by atoms with Crippen LogP contribution in [0.2, 0.25) is 0 Å². The van der Waals surface area contributed by atoms with E-state index < -0.39 is 0 Å². The van der Waals surface area contributed by atoms with Gasteiger partial charge in [-0.25, -0.2) is 0 Å². The van der Waals surface area contributed by atoms with Gasteiger partial charge >= 0.3 is 0 Å². The van der Waals surface area contributed by atoms with Crippen molar-refractivity contribution in [3.8, 4) is 0 Å². The Morgan fingerprint density at radius 2 is 2.19 bits per heavy atom. The molecule has 1 aromatic rings. The molecule has 1 atom stereocenters. The molecule has 1 aliphatic heterocycles. The van der Waals surface area contributed by atoms with Crippen molar-refractivity contribution >= 4 is 11.4 Å². The number of likely N-dealkylation sites (tertiary alicyclic amines) is 1. The molecule has 4 heteroatoms. The lowest BCUT2D eigenvalue weighted by molar-refractivity contribution is 0.0669. The zero-order chi connectivity index (χ0) is 11.5. The maximum atomic E-state index is 9.58. The zero-order valence-corrected chi connectivity index (χ0v) is 9.39. The fourth-order valence-corrected chi connectivity index (χ4v) is 2.17. The van der Waals surface area contributed by atoms with Crippen molar-refractivity contribution in [2.24, 2.45) is 0 Å². The topological polar surface area (TPSA) is 75.5 Å². The smallest absolute Gasteiger partial charge is 0.0667 e. The van der Waals surface area contributed by atoms with Crippen molar-refractivity contribution in [2.45, 2.75) is 25.5 Å². The minimum Gasteiger partial charge on any atom is -0.399 e. The van der Waals surface area contributed by atoms with E-state index in [4.69, 9.17) is 11.5 Å². The molecule has 0 amide bonds. The second kappa shape index (κ2) is 4.72. The lowest BCUT2D eigenvalue weighted by Gasteiger charge is -2.30. The van der Waals surface area contributed by atoms with E-state index in [9.17, 15) is 5.11 Å². The van der Waals surface area contributed by atoms with E-state index in [1.165, 1.54) is 0 Å². The van der Waals surface area contributed by atoms with E-state index in [0.717, 1.165) is 43.7 Å². The van der Waals surface area contributed by atoms with Gasteiger partial charge in [0.2, 0.25) is 0 Å². The molecule has 0 spiro atoms. The second-order valence-electron chi connectivity index (χ2n) is 4.49. The maximum Gasteiger partial charge on any atom is 0.0667 e. The highest BCUT2D eigenvalue weighted by Crippen LogP contribution is 2.19. The first-order valence-corrected chi connectivity index (χ1v) is 5.69. The summed E-state index contributed by atoms with van der Waals surface area (Å²) >= 11 is 0. The van der Waals surface area contributed by atoms with Crippen molar-refractivity contribution in [1.29, 1.82) is 0 Å². The largest absolute Gasteiger partial charge is 0.399 e. The molecule has 88 valence electrons. The van der Waals surface area contributed by atoms with Crippen molar-refractivity contribution < 1.29 is 5.11 Å². The Labute approximate surface area is 95.8 Å². The number of benzene rings is 1. The van der Waals surface area contributed by atoms with Gasteiger partial charge in [-0.2, -0.15) is 0 Å². The summed E-state index contributed by atoms with van der Waals surface area (Å²) in [6.45, 7) is 2.56. The van der Waals surface area contributed by atoms with Crippen LogP contribution in [0.1, 0.15) is 18.4 Å². The molecule has 2 rings (SSSR count). The Morgan fingerprint density at radius 1 is 1.38 bits per heavy atom. The lowest BCUT2D eigenvalue weighted by atomic mass is 10.1. The fraction of sp³-hybridized carbons (Fsp3) is 0.500. The summed E-state index contributed by atoms with van der Waals surface area (Å²) in [6.07, 6.45) is 1.77. The first-order valence-electron chi connectivity index (χ1n) is 5.69. The minimum atomic E-state index is -0.191. The van der Waals surface area contributed by atoms with Crippen LogP contribution < -0.4 is 11.5 Å². The highest BCUT2D eigenvalue weighted by molar-refractivity contribution is 5.56. The molecule has 0 saturated carbocycles. The van der Waals surface area contributed by atoms with Crippen LogP contribution >= 0.6 is 0 Å². The normalized spacial score (nSPS) is 22.2. The van der Waals surface area contributed by atoms with E-state index >= 15 is 0 Å². The predicted octanol–water partition coefficient (Wildman–Crippen LogP) is 0.808. The lowest BCUT2D eigenvalue weighted by Crippen LogP contribution is -2.37. The third-order valence-corrected chi connectivity index (χ3v) is 3.04. The van der Waals surface area contributed by atoms with E-state index in [2.05, 4.69) is 4.90 Å². The summed E-state index contributed by atoms with van der Waals surface area (Å²) in [4.78, 5) is 2.23. The summed E-state index contributed by atoms with van der Waals surface area (Å²) in [5.74, 6) is 0. The van der Waals surface area contributed by atoms with Crippen LogP contribution in [-0.4, -0.2) is 29.2 Å². The van der Waals surface area contributed by atoms with Crippen LogP contribution in [0.4, 0.5) is 11.4 Å². The van der Waals surface area contributed by atoms with Crippen LogP contribution in [0.25, 0.3) is 0 Å². The third kappa shape index (κ3) is 2.65. The number of β-amino-alcohol motifs (C(OH)–C–C–N with tert-alkyl or cyclic N) is 1. The minimum absolute atomic E-state index is 0.191. The number of hydrogen-bond donors (Lipinski definition) is 3. The van der Waals surface area contributed by atoms with Crippen LogP contribution in [0.5, 0.6) is 0 Å². The summed E-state index contributed by atoms with van der Waals surface area (Å²) in [7, 11) is 0. The second-order valence-corrected chi connectivity index (χ2v) is 4.49. The number of aliphatic hydroxyl groups excluding tert-OH is 1. The van der Waals surface area contributed by atoms with Gasteiger partial charge in [-0.05, 0) is 37.1 Å². The first kappa shape index (κ1) is 11.2. The molecule has 5 N–H and O–H groups in total. The molecule has 0 radical (unpaired) electrons. The van der Waals surface area contributed by atoms with Crippen molar-refractivity contribution in [3.05, 3.63) is 23.8 Å². The van der Waals surface area contributed by atoms with Crippen LogP contribution in [0.15, 0.2) is 18.2 Å². The standard InChI is InChI=1S/C12H19N3O/c13-10-4-3-9(12(14)6-10)7-15-5-1-2-11(16)8-15/h3-4,6,11,16H,1-2,5,7-8,13-14H2. The van der Waals surface area contributed by atoms with Gasteiger partial charge in [0.15, 0.2) is 0 Å². The van der Waals surface area contributed by atoms with Gasteiger partial charge < -0.3 is 16.6 Å². The van der Waals surface area contributed by atoms with Crippen molar-refractivity contribution in [3.63, 3.8) is 0 Å². The average molecular weight is 221 g/mol. The Morgan fingerprint density at radius 3 is 2.88 bits per heavy atom. The van der Waals surface area contributed by atoms with Gasteiger partial charge in [0, 0.05) is 24.5 Å². The summed E-state index contributed by atoms with van der Waals surface area (Å²) in [5, 5.41) is 9.58. The summed E-state index contributed by atoms with van der Waals surface area (Å²) in [5.41, 5.74) is 14.1. The SMILES string of the molecule is Nc1ccc(CN2CCCC(O)C2)c(N)c1. The molecule has 0 aromatic heterocycles. The Balaban J connectivity index is 2.02. The van der Waals surface area contributed by atoms with Gasteiger partial charge in [0.25, 0.3) is 0 Å². The average Bonchev–Trinajstić information content (AvgIpc) is 2.22. The van der Waals surface area contributed by atoms with Gasteiger partial charge in [-0.3, -0.25) is 4.90 Å². The highest BCUT2D eigenvalue weighted by Gasteiger charge is 2.18. The van der Waals surface area contributed by atoms with Gasteiger partial charge in [-0.15, -0.1) is 0 Å². The molecular weight excluding hydrogens is 202 g/mol. The third-order valence-electron chi connectivity index (χ3n) is 3.04. The van der Waals surface area contributed by atoms with Crippen LogP contribution in [0.3, 0.4) is 0 Å². The number of aliphatic hydroxyl groups is 1. The maximum absolute atomic E-state index is 9.58. The zero-order valence-electron chi connectivity index (χ0n) is 9.39. The van der Waals surface area contributed by atoms with E-state index in [-0.39, 0.29) is 6.10 Å². The number of nitrogens with two attached hydrogens (primary N) is 2. The summed E-state index contributed by atoms with van der Waals surface area (Å²) in [6, 6.07) is 5.62. The van der Waals surface area contributed by atoms with E-state index in [0.29, 0.717) is 5.69 Å². The quantitative estimate of drug-likeness (QED) is 0.646.